The Bertz CT molecular complexity index is 792. The van der Waals surface area contributed by atoms with E-state index in [1.54, 1.807) is 7.11 Å². The van der Waals surface area contributed by atoms with E-state index in [4.69, 9.17) is 4.74 Å². The lowest BCUT2D eigenvalue weighted by Gasteiger charge is -2.17. The van der Waals surface area contributed by atoms with Gasteiger partial charge >= 0.3 is 0 Å². The van der Waals surface area contributed by atoms with E-state index in [2.05, 4.69) is 14.7 Å². The molecule has 1 aromatic heterocycles. The number of hydrogen-bond acceptors (Lipinski definition) is 7. The predicted molar refractivity (Wildman–Crippen MR) is 95.0 cm³/mol. The molecule has 1 fully saturated rings. The highest BCUT2D eigenvalue weighted by molar-refractivity contribution is 7.93. The number of sulfonamides is 1. The lowest BCUT2D eigenvalue weighted by atomic mass is 10.2. The molecule has 1 aromatic carbocycles. The highest BCUT2D eigenvalue weighted by Gasteiger charge is 2.28. The summed E-state index contributed by atoms with van der Waals surface area (Å²) in [5, 5.41) is 3.98. The number of nitrogens with one attached hydrogen (secondary N) is 1. The maximum Gasteiger partial charge on any atom is 0.235 e. The van der Waals surface area contributed by atoms with Gasteiger partial charge in [-0.2, -0.15) is 4.37 Å². The molecule has 0 bridgehead atoms. The first kappa shape index (κ1) is 17.1. The standard InChI is InChI=1S/C15H20N4O3S2/c1-22-8-6-14-17-15(23-18-14)16-11-12-4-2-5-13(10-12)19-7-3-9-24(19,20)21/h2,4-5,10H,3,6-9,11H2,1H3,(H,16,17,18). The summed E-state index contributed by atoms with van der Waals surface area (Å²) in [6.07, 6.45) is 1.37. The fourth-order valence-electron chi connectivity index (χ4n) is 2.55. The highest BCUT2D eigenvalue weighted by Crippen LogP contribution is 2.25. The van der Waals surface area contributed by atoms with Gasteiger partial charge in [0.15, 0.2) is 0 Å². The van der Waals surface area contributed by atoms with Crippen LogP contribution in [0.15, 0.2) is 24.3 Å². The largest absolute Gasteiger partial charge is 0.384 e. The van der Waals surface area contributed by atoms with Gasteiger partial charge in [0.1, 0.15) is 5.82 Å². The van der Waals surface area contributed by atoms with Gasteiger partial charge in [0.05, 0.1) is 18.0 Å². The summed E-state index contributed by atoms with van der Waals surface area (Å²) in [5.41, 5.74) is 1.73. The molecule has 0 amide bonds. The van der Waals surface area contributed by atoms with Crippen molar-refractivity contribution in [3.05, 3.63) is 35.7 Å². The van der Waals surface area contributed by atoms with Crippen LogP contribution in [0.4, 0.5) is 10.8 Å². The molecule has 0 atom stereocenters. The first-order valence-corrected chi connectivity index (χ1v) is 10.1. The van der Waals surface area contributed by atoms with Gasteiger partial charge in [-0.1, -0.05) is 12.1 Å². The summed E-state index contributed by atoms with van der Waals surface area (Å²) in [7, 11) is -1.50. The Balaban J connectivity index is 1.64. The Labute approximate surface area is 145 Å². The summed E-state index contributed by atoms with van der Waals surface area (Å²) >= 11 is 1.31. The molecule has 0 unspecified atom stereocenters. The molecule has 0 radical (unpaired) electrons. The minimum absolute atomic E-state index is 0.227. The van der Waals surface area contributed by atoms with Gasteiger partial charge in [0.25, 0.3) is 0 Å². The van der Waals surface area contributed by atoms with Gasteiger partial charge in [0.2, 0.25) is 15.2 Å². The molecule has 0 spiro atoms. The number of hydrogen-bond donors (Lipinski definition) is 1. The topological polar surface area (TPSA) is 84.4 Å². The minimum atomic E-state index is -3.15. The highest BCUT2D eigenvalue weighted by atomic mass is 32.2. The van der Waals surface area contributed by atoms with Crippen LogP contribution in [0.1, 0.15) is 17.8 Å². The van der Waals surface area contributed by atoms with E-state index in [0.29, 0.717) is 32.5 Å². The second kappa shape index (κ2) is 7.45. The number of aromatic nitrogens is 2. The maximum absolute atomic E-state index is 12.0. The Morgan fingerprint density at radius 1 is 1.42 bits per heavy atom. The van der Waals surface area contributed by atoms with Crippen LogP contribution < -0.4 is 9.62 Å². The van der Waals surface area contributed by atoms with Crippen molar-refractivity contribution in [2.24, 2.45) is 0 Å². The third kappa shape index (κ3) is 4.03. The van der Waals surface area contributed by atoms with Gasteiger partial charge < -0.3 is 10.1 Å². The molecule has 130 valence electrons. The molecule has 0 saturated carbocycles. The molecule has 2 heterocycles. The second-order valence-electron chi connectivity index (χ2n) is 5.52. The lowest BCUT2D eigenvalue weighted by Crippen LogP contribution is -2.25. The van der Waals surface area contributed by atoms with E-state index < -0.39 is 10.0 Å². The molecule has 9 heteroatoms. The smallest absolute Gasteiger partial charge is 0.235 e. The summed E-state index contributed by atoms with van der Waals surface area (Å²) in [5.74, 6) is 0.992. The number of methoxy groups -OCH3 is 1. The maximum atomic E-state index is 12.0. The Kier molecular flexibility index (Phi) is 5.32. The molecular weight excluding hydrogens is 348 g/mol. The molecule has 3 rings (SSSR count). The molecule has 24 heavy (non-hydrogen) atoms. The summed E-state index contributed by atoms with van der Waals surface area (Å²) < 4.78 is 34.8. The molecule has 1 N–H and O–H groups in total. The predicted octanol–water partition coefficient (Wildman–Crippen LogP) is 1.88. The van der Waals surface area contributed by atoms with Crippen LogP contribution in [0.3, 0.4) is 0 Å². The van der Waals surface area contributed by atoms with Crippen molar-refractivity contribution in [1.29, 1.82) is 0 Å². The zero-order chi connectivity index (χ0) is 17.0. The summed E-state index contributed by atoms with van der Waals surface area (Å²) in [4.78, 5) is 4.40. The summed E-state index contributed by atoms with van der Waals surface area (Å²) in [6.45, 7) is 1.72. The first-order valence-electron chi connectivity index (χ1n) is 7.73. The van der Waals surface area contributed by atoms with E-state index in [9.17, 15) is 8.42 Å². The van der Waals surface area contributed by atoms with Crippen molar-refractivity contribution in [2.75, 3.05) is 35.6 Å². The van der Waals surface area contributed by atoms with Gasteiger partial charge in [-0.3, -0.25) is 4.31 Å². The molecule has 1 aliphatic heterocycles. The van der Waals surface area contributed by atoms with Gasteiger partial charge in [-0.05, 0) is 24.1 Å². The van der Waals surface area contributed by atoms with E-state index in [0.717, 1.165) is 22.2 Å². The molecular formula is C15H20N4O3S2. The third-order valence-corrected chi connectivity index (χ3v) is 6.32. The van der Waals surface area contributed by atoms with Crippen LogP contribution in [0.25, 0.3) is 0 Å². The van der Waals surface area contributed by atoms with Gasteiger partial charge in [-0.15, -0.1) is 0 Å². The van der Waals surface area contributed by atoms with Crippen molar-refractivity contribution in [1.82, 2.24) is 9.36 Å². The van der Waals surface area contributed by atoms with Crippen molar-refractivity contribution >= 4 is 32.4 Å². The fourth-order valence-corrected chi connectivity index (χ4v) is 4.71. The fraction of sp³-hybridized carbons (Fsp3) is 0.467. The second-order valence-corrected chi connectivity index (χ2v) is 8.29. The molecule has 1 aliphatic rings. The number of nitrogens with zero attached hydrogens (tertiary/aromatic N) is 3. The zero-order valence-electron chi connectivity index (χ0n) is 13.4. The number of benzene rings is 1. The zero-order valence-corrected chi connectivity index (χ0v) is 15.1. The van der Waals surface area contributed by atoms with E-state index in [1.807, 2.05) is 24.3 Å². The normalized spacial score (nSPS) is 16.5. The Hall–Kier alpha value is -1.71. The van der Waals surface area contributed by atoms with Gasteiger partial charge in [0, 0.05) is 38.2 Å². The third-order valence-electron chi connectivity index (χ3n) is 3.74. The monoisotopic (exact) mass is 368 g/mol. The van der Waals surface area contributed by atoms with Crippen molar-refractivity contribution < 1.29 is 13.2 Å². The van der Waals surface area contributed by atoms with Crippen LogP contribution in [0.5, 0.6) is 0 Å². The van der Waals surface area contributed by atoms with Gasteiger partial charge in [-0.25, -0.2) is 13.4 Å². The average Bonchev–Trinajstić information content (AvgIpc) is 3.17. The number of anilines is 2. The number of rotatable bonds is 7. The van der Waals surface area contributed by atoms with Crippen LogP contribution in [0.2, 0.25) is 0 Å². The van der Waals surface area contributed by atoms with Crippen LogP contribution in [-0.4, -0.2) is 43.8 Å². The minimum Gasteiger partial charge on any atom is -0.384 e. The quantitative estimate of drug-likeness (QED) is 0.803. The average molecular weight is 368 g/mol. The Morgan fingerprint density at radius 2 is 2.29 bits per heavy atom. The van der Waals surface area contributed by atoms with E-state index >= 15 is 0 Å². The Morgan fingerprint density at radius 3 is 3.04 bits per heavy atom. The van der Waals surface area contributed by atoms with Crippen molar-refractivity contribution in [2.45, 2.75) is 19.4 Å². The van der Waals surface area contributed by atoms with Crippen molar-refractivity contribution in [3.63, 3.8) is 0 Å². The first-order chi connectivity index (χ1) is 11.6. The van der Waals surface area contributed by atoms with E-state index in [1.165, 1.54) is 15.8 Å². The van der Waals surface area contributed by atoms with Crippen LogP contribution in [-0.2, 0) is 27.7 Å². The lowest BCUT2D eigenvalue weighted by molar-refractivity contribution is 0.201. The summed E-state index contributed by atoms with van der Waals surface area (Å²) in [6, 6.07) is 7.58. The van der Waals surface area contributed by atoms with Crippen molar-refractivity contribution in [3.8, 4) is 0 Å². The number of ether oxygens (including phenoxy) is 1. The van der Waals surface area contributed by atoms with Crippen LogP contribution >= 0.6 is 11.5 Å². The van der Waals surface area contributed by atoms with Crippen LogP contribution in [0, 0.1) is 0 Å². The molecule has 1 saturated heterocycles. The SMILES string of the molecule is COCCc1nsc(NCc2cccc(N3CCCS3(=O)=O)c2)n1. The van der Waals surface area contributed by atoms with E-state index in [-0.39, 0.29) is 5.75 Å². The molecule has 7 nitrogen and oxygen atoms in total. The molecule has 0 aliphatic carbocycles. The molecule has 2 aromatic rings.